The van der Waals surface area contributed by atoms with Crippen molar-refractivity contribution < 1.29 is 27.8 Å². The molecule has 2 amide bonds. The Balaban J connectivity index is 2.64. The maximum absolute atomic E-state index is 13.1. The Morgan fingerprint density at radius 2 is 2.14 bits per heavy atom. The van der Waals surface area contributed by atoms with E-state index in [1.807, 2.05) is 6.92 Å². The topological polar surface area (TPSA) is 70.6 Å². The number of ether oxygens (including phenoxy) is 1. The summed E-state index contributed by atoms with van der Waals surface area (Å²) in [6.07, 6.45) is 0.561. The molecule has 1 rings (SSSR count). The molecule has 0 aliphatic heterocycles. The van der Waals surface area contributed by atoms with Crippen LogP contribution in [0.4, 0.5) is 23.7 Å². The number of nitrogens with one attached hydrogen (secondary N) is 2. The molecule has 0 aliphatic rings. The molecule has 0 spiro atoms. The summed E-state index contributed by atoms with van der Waals surface area (Å²) in [6.45, 7) is -1.21. The van der Waals surface area contributed by atoms with E-state index in [1.54, 1.807) is 0 Å². The number of alkyl halides is 2. The third-order valence-corrected chi connectivity index (χ3v) is 2.53. The fourth-order valence-electron chi connectivity index (χ4n) is 1.61. The van der Waals surface area contributed by atoms with Gasteiger partial charge in [-0.1, -0.05) is 13.3 Å². The number of anilines is 1. The monoisotopic (exact) mass is 306 g/mol. The third-order valence-electron chi connectivity index (χ3n) is 2.53. The molecule has 0 bridgehead atoms. The van der Waals surface area contributed by atoms with Gasteiger partial charge in [-0.15, -0.1) is 0 Å². The van der Waals surface area contributed by atoms with Gasteiger partial charge in [-0.05, 0) is 18.6 Å². The van der Waals surface area contributed by atoms with E-state index in [1.165, 1.54) is 0 Å². The SMILES string of the molecule is CCCC(O)CNC(=O)Nc1cc(F)ccc1OC(F)F. The van der Waals surface area contributed by atoms with Crippen molar-refractivity contribution in [2.75, 3.05) is 11.9 Å². The Hall–Kier alpha value is -1.96. The van der Waals surface area contributed by atoms with Gasteiger partial charge >= 0.3 is 12.6 Å². The second kappa shape index (κ2) is 8.35. The van der Waals surface area contributed by atoms with Crippen LogP contribution in [0.3, 0.4) is 0 Å². The van der Waals surface area contributed by atoms with Gasteiger partial charge in [0.15, 0.2) is 0 Å². The van der Waals surface area contributed by atoms with Gasteiger partial charge in [0.1, 0.15) is 11.6 Å². The molecular formula is C13H17F3N2O3. The first-order chi connectivity index (χ1) is 9.92. The van der Waals surface area contributed by atoms with Crippen molar-refractivity contribution in [3.8, 4) is 5.75 Å². The fraction of sp³-hybridized carbons (Fsp3) is 0.462. The van der Waals surface area contributed by atoms with Gasteiger partial charge in [0.25, 0.3) is 0 Å². The van der Waals surface area contributed by atoms with Crippen LogP contribution < -0.4 is 15.4 Å². The predicted molar refractivity (Wildman–Crippen MR) is 71.0 cm³/mol. The number of benzene rings is 1. The molecule has 1 aromatic rings. The van der Waals surface area contributed by atoms with Gasteiger partial charge in [0.2, 0.25) is 0 Å². The summed E-state index contributed by atoms with van der Waals surface area (Å²) in [7, 11) is 0. The minimum Gasteiger partial charge on any atom is -0.433 e. The van der Waals surface area contributed by atoms with Gasteiger partial charge in [0, 0.05) is 12.6 Å². The maximum Gasteiger partial charge on any atom is 0.387 e. The lowest BCUT2D eigenvalue weighted by atomic mass is 10.2. The predicted octanol–water partition coefficient (Wildman–Crippen LogP) is 2.71. The Kier molecular flexibility index (Phi) is 6.80. The smallest absolute Gasteiger partial charge is 0.387 e. The second-order valence-corrected chi connectivity index (χ2v) is 4.30. The highest BCUT2D eigenvalue weighted by atomic mass is 19.3. The van der Waals surface area contributed by atoms with Gasteiger partial charge in [-0.2, -0.15) is 8.78 Å². The number of aliphatic hydroxyl groups is 1. The van der Waals surface area contributed by atoms with Crippen LogP contribution >= 0.6 is 0 Å². The highest BCUT2D eigenvalue weighted by Crippen LogP contribution is 2.26. The molecule has 1 atom stereocenters. The summed E-state index contributed by atoms with van der Waals surface area (Å²) in [6, 6.07) is 2.03. The Bertz CT molecular complexity index is 472. The Labute approximate surface area is 120 Å². The van der Waals surface area contributed by atoms with Crippen LogP contribution in [-0.2, 0) is 0 Å². The summed E-state index contributed by atoms with van der Waals surface area (Å²) in [5.74, 6) is -1.06. The highest BCUT2D eigenvalue weighted by Gasteiger charge is 2.13. The molecule has 3 N–H and O–H groups in total. The van der Waals surface area contributed by atoms with Crippen molar-refractivity contribution in [1.82, 2.24) is 5.32 Å². The van der Waals surface area contributed by atoms with E-state index in [2.05, 4.69) is 15.4 Å². The molecule has 118 valence electrons. The number of rotatable bonds is 7. The van der Waals surface area contributed by atoms with E-state index < -0.39 is 24.6 Å². The van der Waals surface area contributed by atoms with E-state index in [9.17, 15) is 23.1 Å². The van der Waals surface area contributed by atoms with Crippen LogP contribution in [0.5, 0.6) is 5.75 Å². The van der Waals surface area contributed by atoms with Crippen molar-refractivity contribution in [1.29, 1.82) is 0 Å². The van der Waals surface area contributed by atoms with Crippen molar-refractivity contribution in [3.63, 3.8) is 0 Å². The third kappa shape index (κ3) is 6.35. The van der Waals surface area contributed by atoms with Gasteiger partial charge < -0.3 is 20.5 Å². The number of hydrogen-bond acceptors (Lipinski definition) is 3. The molecular weight excluding hydrogens is 289 g/mol. The first kappa shape index (κ1) is 17.1. The van der Waals surface area contributed by atoms with Crippen LogP contribution in [0.25, 0.3) is 0 Å². The molecule has 1 aromatic carbocycles. The number of hydrogen-bond donors (Lipinski definition) is 3. The van der Waals surface area contributed by atoms with Gasteiger partial charge in [-0.3, -0.25) is 0 Å². The molecule has 8 heteroatoms. The normalized spacial score (nSPS) is 12.1. The molecule has 5 nitrogen and oxygen atoms in total. The van der Waals surface area contributed by atoms with Crippen LogP contribution in [-0.4, -0.2) is 30.4 Å². The Morgan fingerprint density at radius 1 is 1.43 bits per heavy atom. The summed E-state index contributed by atoms with van der Waals surface area (Å²) in [5.41, 5.74) is -0.224. The van der Waals surface area contributed by atoms with Gasteiger partial charge in [0.05, 0.1) is 11.8 Å². The number of carbonyl (C=O) groups excluding carboxylic acids is 1. The Morgan fingerprint density at radius 3 is 2.76 bits per heavy atom. The standard InChI is InChI=1S/C13H17F3N2O3/c1-2-3-9(19)7-17-13(20)18-10-6-8(14)4-5-11(10)21-12(15)16/h4-6,9,12,19H,2-3,7H2,1H3,(H2,17,18,20). The number of aliphatic hydroxyl groups excluding tert-OH is 1. The lowest BCUT2D eigenvalue weighted by Gasteiger charge is -2.14. The quantitative estimate of drug-likeness (QED) is 0.725. The van der Waals surface area contributed by atoms with E-state index >= 15 is 0 Å². The number of carbonyl (C=O) groups is 1. The summed E-state index contributed by atoms with van der Waals surface area (Å²) >= 11 is 0. The molecule has 0 saturated heterocycles. The van der Waals surface area contributed by atoms with Crippen molar-refractivity contribution in [2.45, 2.75) is 32.5 Å². The highest BCUT2D eigenvalue weighted by molar-refractivity contribution is 5.90. The van der Waals surface area contributed by atoms with Crippen molar-refractivity contribution >= 4 is 11.7 Å². The average Bonchev–Trinajstić information content (AvgIpc) is 2.39. The first-order valence-electron chi connectivity index (χ1n) is 6.39. The van der Waals surface area contributed by atoms with Crippen LogP contribution in [0.1, 0.15) is 19.8 Å². The first-order valence-corrected chi connectivity index (χ1v) is 6.39. The summed E-state index contributed by atoms with van der Waals surface area (Å²) < 4.78 is 41.7. The lowest BCUT2D eigenvalue weighted by molar-refractivity contribution is -0.0494. The second-order valence-electron chi connectivity index (χ2n) is 4.30. The molecule has 0 fully saturated rings. The minimum absolute atomic E-state index is 0.0000265. The van der Waals surface area contributed by atoms with Crippen molar-refractivity contribution in [3.05, 3.63) is 24.0 Å². The van der Waals surface area contributed by atoms with Crippen LogP contribution in [0.15, 0.2) is 18.2 Å². The number of urea groups is 1. The largest absolute Gasteiger partial charge is 0.433 e. The number of halogens is 3. The minimum atomic E-state index is -3.09. The fourth-order valence-corrected chi connectivity index (χ4v) is 1.61. The lowest BCUT2D eigenvalue weighted by Crippen LogP contribution is -2.35. The molecule has 0 radical (unpaired) electrons. The zero-order chi connectivity index (χ0) is 15.8. The van der Waals surface area contributed by atoms with Crippen molar-refractivity contribution in [2.24, 2.45) is 0 Å². The van der Waals surface area contributed by atoms with E-state index in [-0.39, 0.29) is 18.0 Å². The zero-order valence-corrected chi connectivity index (χ0v) is 11.4. The molecule has 0 aliphatic carbocycles. The van der Waals surface area contributed by atoms with E-state index in [0.29, 0.717) is 6.42 Å². The summed E-state index contributed by atoms with van der Waals surface area (Å²) in [5, 5.41) is 14.0. The summed E-state index contributed by atoms with van der Waals surface area (Å²) in [4.78, 5) is 11.6. The molecule has 0 heterocycles. The zero-order valence-electron chi connectivity index (χ0n) is 11.4. The molecule has 0 saturated carbocycles. The van der Waals surface area contributed by atoms with Crippen LogP contribution in [0, 0.1) is 5.82 Å². The van der Waals surface area contributed by atoms with Gasteiger partial charge in [-0.25, -0.2) is 9.18 Å². The molecule has 21 heavy (non-hydrogen) atoms. The molecule has 0 aromatic heterocycles. The van der Waals surface area contributed by atoms with E-state index in [4.69, 9.17) is 0 Å². The van der Waals surface area contributed by atoms with E-state index in [0.717, 1.165) is 24.6 Å². The maximum atomic E-state index is 13.1. The van der Waals surface area contributed by atoms with Crippen LogP contribution in [0.2, 0.25) is 0 Å². The number of amides is 2. The average molecular weight is 306 g/mol. The molecule has 1 unspecified atom stereocenters.